The van der Waals surface area contributed by atoms with Gasteiger partial charge in [-0.25, -0.2) is 0 Å². The molecule has 1 aromatic heterocycles. The predicted octanol–water partition coefficient (Wildman–Crippen LogP) is 2.84. The zero-order chi connectivity index (χ0) is 13.1. The first-order valence-corrected chi connectivity index (χ1v) is 6.71. The number of hydrogen-bond acceptors (Lipinski definition) is 4. The number of hydrogen-bond donors (Lipinski definition) is 0. The van der Waals surface area contributed by atoms with Crippen LogP contribution in [0.1, 0.15) is 41.3 Å². The number of Topliss-reactive ketones (excluding diaryl/α,β-unsaturated/α-hetero) is 1. The van der Waals surface area contributed by atoms with E-state index in [9.17, 15) is 4.79 Å². The van der Waals surface area contributed by atoms with Gasteiger partial charge in [-0.1, -0.05) is 54.8 Å². The smallest absolute Gasteiger partial charge is 0.234 e. The lowest BCUT2D eigenvalue weighted by Gasteiger charge is -2.23. The van der Waals surface area contributed by atoms with Gasteiger partial charge in [0.05, 0.1) is 6.42 Å². The highest BCUT2D eigenvalue weighted by Crippen LogP contribution is 2.28. The summed E-state index contributed by atoms with van der Waals surface area (Å²) in [5.41, 5.74) is 0.682. The van der Waals surface area contributed by atoms with Crippen molar-refractivity contribution in [2.75, 3.05) is 0 Å². The van der Waals surface area contributed by atoms with Crippen molar-refractivity contribution in [2.45, 2.75) is 32.1 Å². The van der Waals surface area contributed by atoms with Crippen LogP contribution in [0.3, 0.4) is 0 Å². The molecule has 0 spiro atoms. The van der Waals surface area contributed by atoms with Gasteiger partial charge < -0.3 is 4.52 Å². The SMILES string of the molecule is O=C(Cc1nc(CC2CCC2)no1)c1ccccc1. The maximum absolute atomic E-state index is 12.0. The van der Waals surface area contributed by atoms with E-state index in [-0.39, 0.29) is 12.2 Å². The number of rotatable bonds is 5. The fourth-order valence-corrected chi connectivity index (χ4v) is 2.26. The molecule has 0 bridgehead atoms. The highest BCUT2D eigenvalue weighted by atomic mass is 16.5. The normalized spacial score (nSPS) is 15.2. The monoisotopic (exact) mass is 256 g/mol. The minimum Gasteiger partial charge on any atom is -0.339 e. The van der Waals surface area contributed by atoms with Crippen molar-refractivity contribution in [3.63, 3.8) is 0 Å². The lowest BCUT2D eigenvalue weighted by molar-refractivity contribution is 0.0983. The average molecular weight is 256 g/mol. The molecule has 0 N–H and O–H groups in total. The van der Waals surface area contributed by atoms with Crippen molar-refractivity contribution in [2.24, 2.45) is 5.92 Å². The highest BCUT2D eigenvalue weighted by Gasteiger charge is 2.21. The van der Waals surface area contributed by atoms with Crippen molar-refractivity contribution in [3.8, 4) is 0 Å². The molecule has 2 aromatic rings. The van der Waals surface area contributed by atoms with Crippen LogP contribution in [0.25, 0.3) is 0 Å². The molecule has 0 atom stereocenters. The average Bonchev–Trinajstić information content (AvgIpc) is 2.82. The van der Waals surface area contributed by atoms with E-state index in [0.717, 1.165) is 12.2 Å². The molecule has 1 aromatic carbocycles. The van der Waals surface area contributed by atoms with Crippen LogP contribution in [-0.2, 0) is 12.8 Å². The van der Waals surface area contributed by atoms with Crippen LogP contribution in [0, 0.1) is 5.92 Å². The van der Waals surface area contributed by atoms with Crippen LogP contribution in [0.4, 0.5) is 0 Å². The van der Waals surface area contributed by atoms with Gasteiger partial charge in [-0.15, -0.1) is 0 Å². The summed E-state index contributed by atoms with van der Waals surface area (Å²) in [5.74, 6) is 1.87. The first-order chi connectivity index (χ1) is 9.31. The zero-order valence-electron chi connectivity index (χ0n) is 10.7. The number of aromatic nitrogens is 2. The molecule has 4 nitrogen and oxygen atoms in total. The summed E-state index contributed by atoms with van der Waals surface area (Å²) in [5, 5.41) is 3.95. The third kappa shape index (κ3) is 2.89. The molecule has 1 heterocycles. The summed E-state index contributed by atoms with van der Waals surface area (Å²) < 4.78 is 5.14. The van der Waals surface area contributed by atoms with Crippen LogP contribution < -0.4 is 0 Å². The second kappa shape index (κ2) is 5.34. The quantitative estimate of drug-likeness (QED) is 0.772. The molecular weight excluding hydrogens is 240 g/mol. The molecule has 4 heteroatoms. The third-order valence-corrected chi connectivity index (χ3v) is 3.61. The van der Waals surface area contributed by atoms with Gasteiger partial charge in [0, 0.05) is 12.0 Å². The summed E-state index contributed by atoms with van der Waals surface area (Å²) in [6.07, 6.45) is 4.88. The summed E-state index contributed by atoms with van der Waals surface area (Å²) in [6, 6.07) is 9.19. The van der Waals surface area contributed by atoms with Crippen molar-refractivity contribution in [1.29, 1.82) is 0 Å². The molecule has 3 rings (SSSR count). The van der Waals surface area contributed by atoms with Crippen molar-refractivity contribution in [3.05, 3.63) is 47.6 Å². The third-order valence-electron chi connectivity index (χ3n) is 3.61. The van der Waals surface area contributed by atoms with E-state index in [2.05, 4.69) is 10.1 Å². The molecular formula is C15H16N2O2. The Bertz CT molecular complexity index is 559. The molecule has 1 aliphatic rings. The van der Waals surface area contributed by atoms with Gasteiger partial charge in [-0.2, -0.15) is 4.98 Å². The van der Waals surface area contributed by atoms with E-state index >= 15 is 0 Å². The zero-order valence-corrected chi connectivity index (χ0v) is 10.7. The summed E-state index contributed by atoms with van der Waals surface area (Å²) in [6.45, 7) is 0. The maximum Gasteiger partial charge on any atom is 0.234 e. The summed E-state index contributed by atoms with van der Waals surface area (Å²) in [7, 11) is 0. The standard InChI is InChI=1S/C15H16N2O2/c18-13(12-7-2-1-3-8-12)10-15-16-14(17-19-15)9-11-5-4-6-11/h1-3,7-8,11H,4-6,9-10H2. The van der Waals surface area contributed by atoms with Gasteiger partial charge in [-0.05, 0) is 5.92 Å². The molecule has 0 aliphatic heterocycles. The second-order valence-electron chi connectivity index (χ2n) is 5.07. The first kappa shape index (κ1) is 12.1. The topological polar surface area (TPSA) is 56.0 Å². The Morgan fingerprint density at radius 1 is 1.26 bits per heavy atom. The van der Waals surface area contributed by atoms with Gasteiger partial charge in [-0.3, -0.25) is 4.79 Å². The summed E-state index contributed by atoms with van der Waals surface area (Å²) >= 11 is 0. The van der Waals surface area contributed by atoms with E-state index < -0.39 is 0 Å². The fourth-order valence-electron chi connectivity index (χ4n) is 2.26. The Hall–Kier alpha value is -1.97. The Balaban J connectivity index is 1.62. The van der Waals surface area contributed by atoms with Crippen molar-refractivity contribution in [1.82, 2.24) is 10.1 Å². The first-order valence-electron chi connectivity index (χ1n) is 6.71. The fraction of sp³-hybridized carbons (Fsp3) is 0.400. The second-order valence-corrected chi connectivity index (χ2v) is 5.07. The number of nitrogens with zero attached hydrogens (tertiary/aromatic N) is 2. The number of benzene rings is 1. The highest BCUT2D eigenvalue weighted by molar-refractivity contribution is 5.96. The van der Waals surface area contributed by atoms with Gasteiger partial charge in [0.2, 0.25) is 5.89 Å². The molecule has 0 amide bonds. The molecule has 0 unspecified atom stereocenters. The Morgan fingerprint density at radius 2 is 2.05 bits per heavy atom. The Labute approximate surface area is 111 Å². The molecule has 1 aliphatic carbocycles. The van der Waals surface area contributed by atoms with Crippen LogP contribution >= 0.6 is 0 Å². The van der Waals surface area contributed by atoms with Gasteiger partial charge >= 0.3 is 0 Å². The van der Waals surface area contributed by atoms with Crippen LogP contribution in [-0.4, -0.2) is 15.9 Å². The van der Waals surface area contributed by atoms with Gasteiger partial charge in [0.15, 0.2) is 11.6 Å². The van der Waals surface area contributed by atoms with Crippen molar-refractivity contribution < 1.29 is 9.32 Å². The van der Waals surface area contributed by atoms with E-state index in [0.29, 0.717) is 17.4 Å². The number of ketones is 1. The van der Waals surface area contributed by atoms with E-state index in [1.165, 1.54) is 19.3 Å². The minimum absolute atomic E-state index is 0.0134. The van der Waals surface area contributed by atoms with E-state index in [4.69, 9.17) is 4.52 Å². The number of carbonyl (C=O) groups is 1. The molecule has 0 saturated heterocycles. The number of carbonyl (C=O) groups excluding carboxylic acids is 1. The van der Waals surface area contributed by atoms with Crippen LogP contribution in [0.15, 0.2) is 34.9 Å². The van der Waals surface area contributed by atoms with Crippen LogP contribution in [0.2, 0.25) is 0 Å². The van der Waals surface area contributed by atoms with Gasteiger partial charge in [0.25, 0.3) is 0 Å². The molecule has 0 radical (unpaired) electrons. The summed E-state index contributed by atoms with van der Waals surface area (Å²) in [4.78, 5) is 16.3. The van der Waals surface area contributed by atoms with E-state index in [1.807, 2.05) is 18.2 Å². The minimum atomic E-state index is 0.0134. The molecule has 1 fully saturated rings. The van der Waals surface area contributed by atoms with Crippen LogP contribution in [0.5, 0.6) is 0 Å². The molecule has 1 saturated carbocycles. The predicted molar refractivity (Wildman–Crippen MR) is 69.8 cm³/mol. The molecule has 98 valence electrons. The lowest BCUT2D eigenvalue weighted by atomic mass is 9.83. The van der Waals surface area contributed by atoms with E-state index in [1.54, 1.807) is 12.1 Å². The largest absolute Gasteiger partial charge is 0.339 e. The lowest BCUT2D eigenvalue weighted by Crippen LogP contribution is -2.14. The maximum atomic E-state index is 12.0. The Kier molecular flexibility index (Phi) is 3.40. The van der Waals surface area contributed by atoms with Gasteiger partial charge in [0.1, 0.15) is 0 Å². The molecule has 19 heavy (non-hydrogen) atoms. The Morgan fingerprint density at radius 3 is 2.74 bits per heavy atom. The van der Waals surface area contributed by atoms with Crippen molar-refractivity contribution >= 4 is 5.78 Å².